The molecule has 0 aliphatic rings. The number of hydrogen-bond acceptors (Lipinski definition) is 4. The van der Waals surface area contributed by atoms with Gasteiger partial charge in [0, 0.05) is 13.0 Å². The molecule has 0 fully saturated rings. The van der Waals surface area contributed by atoms with E-state index in [0.29, 0.717) is 13.0 Å². The maximum absolute atomic E-state index is 11.6. The summed E-state index contributed by atoms with van der Waals surface area (Å²) in [4.78, 5) is 32.8. The van der Waals surface area contributed by atoms with E-state index in [2.05, 4.69) is 5.32 Å². The highest BCUT2D eigenvalue weighted by atomic mass is 16.5. The molecular weight excluding hydrogens is 346 g/mol. The summed E-state index contributed by atoms with van der Waals surface area (Å²) in [5.41, 5.74) is 0.973. The number of rotatable bonds is 15. The highest BCUT2D eigenvalue weighted by molar-refractivity contribution is 6.32. The second kappa shape index (κ2) is 14.8. The van der Waals surface area contributed by atoms with Crippen LogP contribution in [0.5, 0.6) is 0 Å². The lowest BCUT2D eigenvalue weighted by molar-refractivity contribution is -0.149. The summed E-state index contributed by atoms with van der Waals surface area (Å²) < 4.78 is 5.14. The van der Waals surface area contributed by atoms with Crippen molar-refractivity contribution in [1.29, 1.82) is 0 Å². The van der Waals surface area contributed by atoms with Crippen LogP contribution in [0.3, 0.4) is 0 Å². The Labute approximate surface area is 161 Å². The van der Waals surface area contributed by atoms with Crippen molar-refractivity contribution < 1.29 is 24.2 Å². The first-order valence-corrected chi connectivity index (χ1v) is 9.80. The summed E-state index contributed by atoms with van der Waals surface area (Å²) in [7, 11) is 0. The Morgan fingerprint density at radius 2 is 1.37 bits per heavy atom. The van der Waals surface area contributed by atoms with Crippen LogP contribution in [0.4, 0.5) is 4.79 Å². The van der Waals surface area contributed by atoms with E-state index in [-0.39, 0.29) is 19.1 Å². The van der Waals surface area contributed by atoms with Crippen molar-refractivity contribution in [3.63, 3.8) is 0 Å². The summed E-state index contributed by atoms with van der Waals surface area (Å²) in [5.74, 6) is -2.01. The fraction of sp³-hybridized carbons (Fsp3) is 0.571. The number of carboxylic acids is 1. The maximum Gasteiger partial charge on any atom is 0.407 e. The van der Waals surface area contributed by atoms with Gasteiger partial charge in [0.05, 0.1) is 0 Å². The minimum absolute atomic E-state index is 0.149. The van der Waals surface area contributed by atoms with Crippen molar-refractivity contribution >= 4 is 17.8 Å². The number of carbonyl (C=O) groups is 3. The number of aliphatic carboxylic acids is 1. The average Bonchev–Trinajstić information content (AvgIpc) is 2.67. The second-order valence-electron chi connectivity index (χ2n) is 6.65. The van der Waals surface area contributed by atoms with E-state index in [4.69, 9.17) is 9.84 Å². The number of unbranched alkanes of at least 4 members (excludes halogenated alkanes) is 8. The van der Waals surface area contributed by atoms with Gasteiger partial charge < -0.3 is 15.2 Å². The number of Topliss-reactive ketones (excluding diaryl/α,β-unsaturated/α-hetero) is 1. The molecule has 1 aromatic carbocycles. The molecule has 0 heterocycles. The van der Waals surface area contributed by atoms with Crippen LogP contribution < -0.4 is 5.32 Å². The Kier molecular flexibility index (Phi) is 12.4. The van der Waals surface area contributed by atoms with Gasteiger partial charge in [0.15, 0.2) is 0 Å². The topological polar surface area (TPSA) is 92.7 Å². The molecule has 0 saturated heterocycles. The van der Waals surface area contributed by atoms with E-state index >= 15 is 0 Å². The first-order valence-electron chi connectivity index (χ1n) is 9.80. The number of carboxylic acid groups (broad SMARTS) is 1. The molecule has 0 aliphatic heterocycles. The maximum atomic E-state index is 11.6. The molecule has 1 aromatic rings. The third-order valence-corrected chi connectivity index (χ3v) is 4.30. The molecule has 6 nitrogen and oxygen atoms in total. The molecule has 150 valence electrons. The zero-order valence-corrected chi connectivity index (χ0v) is 16.0. The SMILES string of the molecule is O=C(NCCCCCCCCCCCC(=O)C(=O)O)OCc1ccccc1. The van der Waals surface area contributed by atoms with Crippen LogP contribution >= 0.6 is 0 Å². The molecule has 27 heavy (non-hydrogen) atoms. The van der Waals surface area contributed by atoms with Gasteiger partial charge in [-0.1, -0.05) is 75.3 Å². The molecule has 0 spiro atoms. The molecular formula is C21H31NO5. The molecule has 0 aromatic heterocycles. The van der Waals surface area contributed by atoms with E-state index in [1.54, 1.807) is 0 Å². The third kappa shape index (κ3) is 12.6. The Balaban J connectivity index is 1.83. The van der Waals surface area contributed by atoms with E-state index in [1.807, 2.05) is 30.3 Å². The number of amides is 1. The van der Waals surface area contributed by atoms with E-state index < -0.39 is 11.8 Å². The number of hydrogen-bond donors (Lipinski definition) is 2. The quantitative estimate of drug-likeness (QED) is 0.347. The van der Waals surface area contributed by atoms with E-state index in [9.17, 15) is 14.4 Å². The van der Waals surface area contributed by atoms with Crippen LogP contribution in [-0.2, 0) is 20.9 Å². The summed E-state index contributed by atoms with van der Waals surface area (Å²) in [5, 5.41) is 11.2. The summed E-state index contributed by atoms with van der Waals surface area (Å²) >= 11 is 0. The number of ketones is 1. The molecule has 1 rings (SSSR count). The molecule has 2 N–H and O–H groups in total. The zero-order chi connectivity index (χ0) is 19.7. The highest BCUT2D eigenvalue weighted by Crippen LogP contribution is 2.10. The normalized spacial score (nSPS) is 10.4. The lowest BCUT2D eigenvalue weighted by atomic mass is 10.1. The van der Waals surface area contributed by atoms with Crippen LogP contribution in [0, 0.1) is 0 Å². The van der Waals surface area contributed by atoms with Crippen LogP contribution in [0.2, 0.25) is 0 Å². The minimum Gasteiger partial charge on any atom is -0.476 e. The summed E-state index contributed by atoms with van der Waals surface area (Å²) in [6.07, 6.45) is 8.97. The van der Waals surface area contributed by atoms with Gasteiger partial charge >= 0.3 is 12.1 Å². The van der Waals surface area contributed by atoms with Crippen molar-refractivity contribution in [2.45, 2.75) is 70.8 Å². The van der Waals surface area contributed by atoms with Crippen molar-refractivity contribution in [2.24, 2.45) is 0 Å². The van der Waals surface area contributed by atoms with E-state index in [1.165, 1.54) is 0 Å². The third-order valence-electron chi connectivity index (χ3n) is 4.30. The predicted octanol–water partition coefficient (Wildman–Crippen LogP) is 4.47. The first-order chi connectivity index (χ1) is 13.1. The van der Waals surface area contributed by atoms with Gasteiger partial charge in [-0.3, -0.25) is 4.79 Å². The van der Waals surface area contributed by atoms with Crippen LogP contribution in [-0.4, -0.2) is 29.5 Å². The standard InChI is InChI=1S/C21H31NO5/c23-19(20(24)25)15-11-6-4-2-1-3-5-7-12-16-22-21(26)27-17-18-13-9-8-10-14-18/h8-10,13-14H,1-7,11-12,15-17H2,(H,22,26)(H,24,25). The van der Waals surface area contributed by atoms with Crippen molar-refractivity contribution in [1.82, 2.24) is 5.32 Å². The number of carbonyl (C=O) groups excluding carboxylic acids is 2. The lowest BCUT2D eigenvalue weighted by Crippen LogP contribution is -2.25. The van der Waals surface area contributed by atoms with Gasteiger partial charge in [0.25, 0.3) is 0 Å². The molecule has 0 bridgehead atoms. The number of nitrogens with one attached hydrogen (secondary N) is 1. The largest absolute Gasteiger partial charge is 0.476 e. The number of benzene rings is 1. The van der Waals surface area contributed by atoms with Crippen molar-refractivity contribution in [3.05, 3.63) is 35.9 Å². The Bertz CT molecular complexity index is 559. The van der Waals surface area contributed by atoms with Gasteiger partial charge in [-0.15, -0.1) is 0 Å². The van der Waals surface area contributed by atoms with Gasteiger partial charge in [-0.05, 0) is 18.4 Å². The lowest BCUT2D eigenvalue weighted by Gasteiger charge is -2.07. The molecule has 0 aliphatic carbocycles. The van der Waals surface area contributed by atoms with E-state index in [0.717, 1.165) is 56.9 Å². The van der Waals surface area contributed by atoms with Crippen LogP contribution in [0.25, 0.3) is 0 Å². The molecule has 0 saturated carbocycles. The molecule has 0 radical (unpaired) electrons. The second-order valence-corrected chi connectivity index (χ2v) is 6.65. The molecule has 6 heteroatoms. The number of ether oxygens (including phenoxy) is 1. The Morgan fingerprint density at radius 1 is 0.815 bits per heavy atom. The fourth-order valence-electron chi connectivity index (χ4n) is 2.72. The van der Waals surface area contributed by atoms with Gasteiger partial charge in [-0.25, -0.2) is 9.59 Å². The molecule has 1 amide bonds. The smallest absolute Gasteiger partial charge is 0.407 e. The summed E-state index contributed by atoms with van der Waals surface area (Å²) in [6, 6.07) is 9.59. The average molecular weight is 377 g/mol. The van der Waals surface area contributed by atoms with Crippen LogP contribution in [0.1, 0.15) is 69.8 Å². The molecule has 0 atom stereocenters. The molecule has 0 unspecified atom stereocenters. The first kappa shape index (κ1) is 22.7. The van der Waals surface area contributed by atoms with Gasteiger partial charge in [0.1, 0.15) is 6.61 Å². The predicted molar refractivity (Wildman–Crippen MR) is 103 cm³/mol. The zero-order valence-electron chi connectivity index (χ0n) is 16.0. The van der Waals surface area contributed by atoms with Gasteiger partial charge in [-0.2, -0.15) is 0 Å². The highest BCUT2D eigenvalue weighted by Gasteiger charge is 2.09. The Hall–Kier alpha value is -2.37. The summed E-state index contributed by atoms with van der Waals surface area (Å²) in [6.45, 7) is 0.919. The van der Waals surface area contributed by atoms with Crippen molar-refractivity contribution in [3.8, 4) is 0 Å². The van der Waals surface area contributed by atoms with Crippen molar-refractivity contribution in [2.75, 3.05) is 6.54 Å². The Morgan fingerprint density at radius 3 is 1.96 bits per heavy atom. The minimum atomic E-state index is -1.33. The van der Waals surface area contributed by atoms with Gasteiger partial charge in [0.2, 0.25) is 5.78 Å². The number of alkyl carbamates (subject to hydrolysis) is 1. The van der Waals surface area contributed by atoms with Crippen LogP contribution in [0.15, 0.2) is 30.3 Å². The monoisotopic (exact) mass is 377 g/mol. The fourth-order valence-corrected chi connectivity index (χ4v) is 2.72.